The second-order valence-corrected chi connectivity index (χ2v) is 3.53. The fraction of sp³-hybridized carbons (Fsp3) is 0.333. The van der Waals surface area contributed by atoms with Crippen LogP contribution in [-0.2, 0) is 6.18 Å². The third-order valence-electron chi connectivity index (χ3n) is 1.28. The number of halogens is 4. The number of hydrogen-bond acceptors (Lipinski definition) is 1. The summed E-state index contributed by atoms with van der Waals surface area (Å²) in [6, 6.07) is 0. The SMILES string of the molecule is Cc1c(C(F)(F)F)csc1Cl. The van der Waals surface area contributed by atoms with E-state index in [9.17, 15) is 13.2 Å². The zero-order valence-corrected chi connectivity index (χ0v) is 7.07. The van der Waals surface area contributed by atoms with Crippen molar-refractivity contribution in [3.8, 4) is 0 Å². The predicted molar refractivity (Wildman–Crippen MR) is 39.1 cm³/mol. The zero-order chi connectivity index (χ0) is 8.65. The molecule has 1 aromatic rings. The highest BCUT2D eigenvalue weighted by molar-refractivity contribution is 7.14. The summed E-state index contributed by atoms with van der Waals surface area (Å²) in [5.74, 6) is 0. The van der Waals surface area contributed by atoms with Gasteiger partial charge < -0.3 is 0 Å². The third-order valence-corrected chi connectivity index (χ3v) is 2.70. The van der Waals surface area contributed by atoms with E-state index >= 15 is 0 Å². The summed E-state index contributed by atoms with van der Waals surface area (Å²) in [6.45, 7) is 1.36. The van der Waals surface area contributed by atoms with E-state index in [-0.39, 0.29) is 9.90 Å². The first-order chi connectivity index (χ1) is 4.93. The van der Waals surface area contributed by atoms with Crippen LogP contribution in [0.25, 0.3) is 0 Å². The van der Waals surface area contributed by atoms with Crippen molar-refractivity contribution >= 4 is 22.9 Å². The molecular weight excluding hydrogens is 197 g/mol. The van der Waals surface area contributed by atoms with Crippen LogP contribution in [0.2, 0.25) is 4.34 Å². The van der Waals surface area contributed by atoms with E-state index in [2.05, 4.69) is 0 Å². The molecule has 0 aromatic carbocycles. The summed E-state index contributed by atoms with van der Waals surface area (Å²) < 4.78 is 36.2. The molecule has 5 heteroatoms. The largest absolute Gasteiger partial charge is 0.417 e. The number of hydrogen-bond donors (Lipinski definition) is 0. The minimum Gasteiger partial charge on any atom is -0.166 e. The summed E-state index contributed by atoms with van der Waals surface area (Å²) >= 11 is 6.36. The van der Waals surface area contributed by atoms with E-state index in [1.165, 1.54) is 6.92 Å². The van der Waals surface area contributed by atoms with Gasteiger partial charge >= 0.3 is 6.18 Å². The fourth-order valence-electron chi connectivity index (χ4n) is 0.673. The maximum absolute atomic E-state index is 12.0. The Morgan fingerprint density at radius 1 is 1.45 bits per heavy atom. The van der Waals surface area contributed by atoms with Crippen LogP contribution in [0.4, 0.5) is 13.2 Å². The molecule has 0 nitrogen and oxygen atoms in total. The highest BCUT2D eigenvalue weighted by Crippen LogP contribution is 2.38. The Morgan fingerprint density at radius 2 is 2.00 bits per heavy atom. The van der Waals surface area contributed by atoms with Crippen molar-refractivity contribution in [2.24, 2.45) is 0 Å². The van der Waals surface area contributed by atoms with Crippen LogP contribution in [0.1, 0.15) is 11.1 Å². The van der Waals surface area contributed by atoms with Crippen molar-refractivity contribution in [2.75, 3.05) is 0 Å². The van der Waals surface area contributed by atoms with Gasteiger partial charge in [0.2, 0.25) is 0 Å². The Hall–Kier alpha value is -0.220. The quantitative estimate of drug-likeness (QED) is 0.599. The summed E-state index contributed by atoms with van der Waals surface area (Å²) in [4.78, 5) is 0. The Balaban J connectivity index is 3.15. The maximum Gasteiger partial charge on any atom is 0.417 e. The fourth-order valence-corrected chi connectivity index (χ4v) is 1.73. The Morgan fingerprint density at radius 3 is 2.18 bits per heavy atom. The second-order valence-electron chi connectivity index (χ2n) is 2.05. The average molecular weight is 201 g/mol. The van der Waals surface area contributed by atoms with Crippen LogP contribution in [0, 0.1) is 6.92 Å². The van der Waals surface area contributed by atoms with Gasteiger partial charge in [-0.25, -0.2) is 0 Å². The van der Waals surface area contributed by atoms with Gasteiger partial charge in [0.05, 0.1) is 9.90 Å². The van der Waals surface area contributed by atoms with Gasteiger partial charge in [-0.15, -0.1) is 11.3 Å². The minimum absolute atomic E-state index is 0.115. The molecule has 0 amide bonds. The molecule has 11 heavy (non-hydrogen) atoms. The van der Waals surface area contributed by atoms with Gasteiger partial charge in [0.25, 0.3) is 0 Å². The van der Waals surface area contributed by atoms with Crippen LogP contribution < -0.4 is 0 Å². The summed E-state index contributed by atoms with van der Waals surface area (Å²) in [7, 11) is 0. The normalized spacial score (nSPS) is 12.1. The molecule has 0 saturated heterocycles. The molecule has 0 radical (unpaired) electrons. The van der Waals surface area contributed by atoms with Crippen molar-refractivity contribution in [1.82, 2.24) is 0 Å². The van der Waals surface area contributed by atoms with Crippen molar-refractivity contribution < 1.29 is 13.2 Å². The molecule has 0 bridgehead atoms. The average Bonchev–Trinajstić information content (AvgIpc) is 2.11. The monoisotopic (exact) mass is 200 g/mol. The van der Waals surface area contributed by atoms with E-state index in [0.29, 0.717) is 0 Å². The van der Waals surface area contributed by atoms with E-state index in [1.807, 2.05) is 0 Å². The van der Waals surface area contributed by atoms with Crippen LogP contribution in [0.3, 0.4) is 0 Å². The van der Waals surface area contributed by atoms with Crippen molar-refractivity contribution in [3.05, 3.63) is 20.8 Å². The molecule has 0 spiro atoms. The van der Waals surface area contributed by atoms with Gasteiger partial charge in [0.15, 0.2) is 0 Å². The molecule has 0 unspecified atom stereocenters. The molecule has 0 atom stereocenters. The van der Waals surface area contributed by atoms with Gasteiger partial charge in [0.1, 0.15) is 0 Å². The maximum atomic E-state index is 12.0. The lowest BCUT2D eigenvalue weighted by molar-refractivity contribution is -0.137. The van der Waals surface area contributed by atoms with E-state index in [1.54, 1.807) is 0 Å². The molecule has 1 rings (SSSR count). The Kier molecular flexibility index (Phi) is 2.16. The van der Waals surface area contributed by atoms with E-state index in [0.717, 1.165) is 16.7 Å². The first kappa shape index (κ1) is 8.87. The molecule has 0 saturated carbocycles. The number of alkyl halides is 3. The smallest absolute Gasteiger partial charge is 0.166 e. The number of rotatable bonds is 0. The Bertz CT molecular complexity index is 263. The summed E-state index contributed by atoms with van der Waals surface area (Å²) in [5, 5.41) is 1.03. The minimum atomic E-state index is -4.27. The van der Waals surface area contributed by atoms with Crippen molar-refractivity contribution in [2.45, 2.75) is 13.1 Å². The standard InChI is InChI=1S/C6H4ClF3S/c1-3-4(6(8,9)10)2-11-5(3)7/h2H,1H3. The molecule has 62 valence electrons. The highest BCUT2D eigenvalue weighted by atomic mass is 35.5. The molecule has 0 aliphatic rings. The van der Waals surface area contributed by atoms with Crippen LogP contribution in [-0.4, -0.2) is 0 Å². The van der Waals surface area contributed by atoms with Gasteiger partial charge in [-0.1, -0.05) is 11.6 Å². The van der Waals surface area contributed by atoms with Crippen LogP contribution in [0.5, 0.6) is 0 Å². The van der Waals surface area contributed by atoms with Gasteiger partial charge in [-0.05, 0) is 12.5 Å². The van der Waals surface area contributed by atoms with Crippen molar-refractivity contribution in [1.29, 1.82) is 0 Å². The molecule has 0 fully saturated rings. The molecule has 1 heterocycles. The topological polar surface area (TPSA) is 0 Å². The first-order valence-electron chi connectivity index (χ1n) is 2.73. The zero-order valence-electron chi connectivity index (χ0n) is 5.50. The van der Waals surface area contributed by atoms with Gasteiger partial charge in [0, 0.05) is 5.38 Å². The third kappa shape index (κ3) is 1.68. The lowest BCUT2D eigenvalue weighted by Crippen LogP contribution is -2.04. The lowest BCUT2D eigenvalue weighted by Gasteiger charge is -2.03. The predicted octanol–water partition coefficient (Wildman–Crippen LogP) is 3.73. The van der Waals surface area contributed by atoms with Crippen LogP contribution in [0.15, 0.2) is 5.38 Å². The van der Waals surface area contributed by atoms with Crippen molar-refractivity contribution in [3.63, 3.8) is 0 Å². The van der Waals surface area contributed by atoms with Gasteiger partial charge in [-0.3, -0.25) is 0 Å². The van der Waals surface area contributed by atoms with Crippen LogP contribution >= 0.6 is 22.9 Å². The molecule has 0 aliphatic heterocycles. The molecule has 1 aromatic heterocycles. The lowest BCUT2D eigenvalue weighted by atomic mass is 10.2. The molecule has 0 aliphatic carbocycles. The van der Waals surface area contributed by atoms with E-state index in [4.69, 9.17) is 11.6 Å². The molecular formula is C6H4ClF3S. The highest BCUT2D eigenvalue weighted by Gasteiger charge is 2.33. The molecule has 0 N–H and O–H groups in total. The second kappa shape index (κ2) is 2.68. The van der Waals surface area contributed by atoms with Gasteiger partial charge in [-0.2, -0.15) is 13.2 Å². The summed E-state index contributed by atoms with van der Waals surface area (Å²) in [5.41, 5.74) is -0.517. The van der Waals surface area contributed by atoms with E-state index < -0.39 is 11.7 Å². The summed E-state index contributed by atoms with van der Waals surface area (Å²) in [6.07, 6.45) is -4.27. The number of thiophene rings is 1. The Labute approximate surface area is 70.6 Å². The first-order valence-corrected chi connectivity index (χ1v) is 3.99.